The van der Waals surface area contributed by atoms with Crippen LogP contribution in [0.25, 0.3) is 0 Å². The number of amides is 1. The molecule has 0 unspecified atom stereocenters. The fraction of sp³-hybridized carbons (Fsp3) is 0.133. The third-order valence-corrected chi connectivity index (χ3v) is 3.46. The van der Waals surface area contributed by atoms with E-state index in [1.54, 1.807) is 19.5 Å². The van der Waals surface area contributed by atoms with Gasteiger partial charge in [-0.05, 0) is 24.3 Å². The molecule has 1 aromatic carbocycles. The lowest BCUT2D eigenvalue weighted by Crippen LogP contribution is -2.19. The van der Waals surface area contributed by atoms with Crippen LogP contribution in [0.15, 0.2) is 58.8 Å². The van der Waals surface area contributed by atoms with Gasteiger partial charge in [0.2, 0.25) is 5.91 Å². The highest BCUT2D eigenvalue weighted by molar-refractivity contribution is 7.99. The molecule has 6 heteroatoms. The van der Waals surface area contributed by atoms with Crippen LogP contribution in [0.5, 0.6) is 5.75 Å². The standard InChI is InChI=1S/C15H15N3O2S/c1-20-13-7-3-2-6-12(13)10-17-18-14(19)11-21-15-8-4-5-9-16-15/h2-10H,11H2,1H3,(H,18,19)/b17-10+. The summed E-state index contributed by atoms with van der Waals surface area (Å²) in [4.78, 5) is 15.8. The summed E-state index contributed by atoms with van der Waals surface area (Å²) in [7, 11) is 1.59. The Labute approximate surface area is 127 Å². The van der Waals surface area contributed by atoms with Crippen molar-refractivity contribution in [2.45, 2.75) is 5.03 Å². The first-order valence-electron chi connectivity index (χ1n) is 6.28. The van der Waals surface area contributed by atoms with Crippen LogP contribution in [0.1, 0.15) is 5.56 Å². The van der Waals surface area contributed by atoms with Gasteiger partial charge in [-0.15, -0.1) is 0 Å². The predicted molar refractivity (Wildman–Crippen MR) is 83.7 cm³/mol. The number of pyridine rings is 1. The van der Waals surface area contributed by atoms with Crippen molar-refractivity contribution < 1.29 is 9.53 Å². The number of hydrogen-bond donors (Lipinski definition) is 1. The van der Waals surface area contributed by atoms with Crippen LogP contribution in [0.4, 0.5) is 0 Å². The number of benzene rings is 1. The molecular weight excluding hydrogens is 286 g/mol. The highest BCUT2D eigenvalue weighted by Crippen LogP contribution is 2.15. The first kappa shape index (κ1) is 15.1. The topological polar surface area (TPSA) is 63.6 Å². The SMILES string of the molecule is COc1ccccc1/C=N/NC(=O)CSc1ccccn1. The number of methoxy groups -OCH3 is 1. The van der Waals surface area contributed by atoms with Gasteiger partial charge in [0.25, 0.3) is 0 Å². The molecule has 108 valence electrons. The van der Waals surface area contributed by atoms with E-state index >= 15 is 0 Å². The maximum atomic E-state index is 11.7. The monoisotopic (exact) mass is 301 g/mol. The molecule has 0 fully saturated rings. The fourth-order valence-corrected chi connectivity index (χ4v) is 2.20. The molecule has 0 aliphatic rings. The molecule has 0 radical (unpaired) electrons. The zero-order valence-electron chi connectivity index (χ0n) is 11.5. The number of thioether (sulfide) groups is 1. The first-order chi connectivity index (χ1) is 10.3. The number of hydrogen-bond acceptors (Lipinski definition) is 5. The number of aromatic nitrogens is 1. The average Bonchev–Trinajstić information content (AvgIpc) is 2.54. The minimum Gasteiger partial charge on any atom is -0.496 e. The summed E-state index contributed by atoms with van der Waals surface area (Å²) in [6.07, 6.45) is 3.25. The highest BCUT2D eigenvalue weighted by Gasteiger charge is 2.02. The minimum atomic E-state index is -0.184. The summed E-state index contributed by atoms with van der Waals surface area (Å²) >= 11 is 1.36. The van der Waals surface area contributed by atoms with E-state index < -0.39 is 0 Å². The van der Waals surface area contributed by atoms with Crippen LogP contribution >= 0.6 is 11.8 Å². The number of nitrogens with one attached hydrogen (secondary N) is 1. The van der Waals surface area contributed by atoms with Gasteiger partial charge in [-0.25, -0.2) is 10.4 Å². The number of nitrogens with zero attached hydrogens (tertiary/aromatic N) is 2. The molecular formula is C15H15N3O2S. The third-order valence-electron chi connectivity index (χ3n) is 2.52. The highest BCUT2D eigenvalue weighted by atomic mass is 32.2. The summed E-state index contributed by atoms with van der Waals surface area (Å²) in [5.74, 6) is 0.787. The van der Waals surface area contributed by atoms with Crippen LogP contribution in [-0.2, 0) is 4.79 Å². The Balaban J connectivity index is 1.82. The van der Waals surface area contributed by atoms with E-state index in [0.717, 1.165) is 10.6 Å². The summed E-state index contributed by atoms with van der Waals surface area (Å²) in [5, 5.41) is 4.73. The Morgan fingerprint density at radius 2 is 2.14 bits per heavy atom. The lowest BCUT2D eigenvalue weighted by Gasteiger charge is -2.03. The molecule has 0 aliphatic carbocycles. The molecule has 2 aromatic rings. The number of para-hydroxylation sites is 1. The van der Waals surface area contributed by atoms with Crippen molar-refractivity contribution in [2.75, 3.05) is 12.9 Å². The lowest BCUT2D eigenvalue weighted by molar-refractivity contribution is -0.118. The van der Waals surface area contributed by atoms with Crippen molar-refractivity contribution in [2.24, 2.45) is 5.10 Å². The zero-order chi connectivity index (χ0) is 14.9. The van der Waals surface area contributed by atoms with E-state index in [1.165, 1.54) is 11.8 Å². The molecule has 0 aliphatic heterocycles. The molecule has 2 rings (SSSR count). The van der Waals surface area contributed by atoms with Gasteiger partial charge < -0.3 is 4.74 Å². The van der Waals surface area contributed by atoms with E-state index in [1.807, 2.05) is 42.5 Å². The second-order valence-corrected chi connectivity index (χ2v) is 4.99. The van der Waals surface area contributed by atoms with Gasteiger partial charge in [0, 0.05) is 11.8 Å². The van der Waals surface area contributed by atoms with E-state index in [9.17, 15) is 4.79 Å². The Hall–Kier alpha value is -2.34. The smallest absolute Gasteiger partial charge is 0.250 e. The maximum absolute atomic E-state index is 11.7. The first-order valence-corrected chi connectivity index (χ1v) is 7.27. The van der Waals surface area contributed by atoms with Crippen molar-refractivity contribution in [1.29, 1.82) is 0 Å². The van der Waals surface area contributed by atoms with E-state index in [-0.39, 0.29) is 11.7 Å². The summed E-state index contributed by atoms with van der Waals surface area (Å²) in [5.41, 5.74) is 3.28. The normalized spacial score (nSPS) is 10.5. The Morgan fingerprint density at radius 3 is 2.90 bits per heavy atom. The number of rotatable bonds is 6. The number of hydrazone groups is 1. The number of ether oxygens (including phenoxy) is 1. The lowest BCUT2D eigenvalue weighted by atomic mass is 10.2. The second kappa shape index (κ2) is 8.06. The molecule has 5 nitrogen and oxygen atoms in total. The third kappa shape index (κ3) is 4.92. The van der Waals surface area contributed by atoms with Crippen LogP contribution < -0.4 is 10.2 Å². The molecule has 1 amide bonds. The molecule has 0 spiro atoms. The molecule has 21 heavy (non-hydrogen) atoms. The van der Waals surface area contributed by atoms with Crippen molar-refractivity contribution in [3.8, 4) is 5.75 Å². The van der Waals surface area contributed by atoms with Gasteiger partial charge in [-0.3, -0.25) is 4.79 Å². The Morgan fingerprint density at radius 1 is 1.33 bits per heavy atom. The molecule has 1 heterocycles. The average molecular weight is 301 g/mol. The van der Waals surface area contributed by atoms with E-state index in [0.29, 0.717) is 5.75 Å². The summed E-state index contributed by atoms with van der Waals surface area (Å²) < 4.78 is 5.19. The van der Waals surface area contributed by atoms with Gasteiger partial charge >= 0.3 is 0 Å². The van der Waals surface area contributed by atoms with Gasteiger partial charge in [0.15, 0.2) is 0 Å². The van der Waals surface area contributed by atoms with Crippen molar-refractivity contribution in [3.63, 3.8) is 0 Å². The number of carbonyl (C=O) groups is 1. The largest absolute Gasteiger partial charge is 0.496 e. The molecule has 1 aromatic heterocycles. The van der Waals surface area contributed by atoms with Crippen molar-refractivity contribution >= 4 is 23.9 Å². The van der Waals surface area contributed by atoms with E-state index in [4.69, 9.17) is 4.74 Å². The van der Waals surface area contributed by atoms with Crippen LogP contribution in [0, 0.1) is 0 Å². The summed E-state index contributed by atoms with van der Waals surface area (Å²) in [6, 6.07) is 13.0. The van der Waals surface area contributed by atoms with Crippen LogP contribution in [0.2, 0.25) is 0 Å². The van der Waals surface area contributed by atoms with Gasteiger partial charge in [-0.2, -0.15) is 5.10 Å². The molecule has 1 N–H and O–H groups in total. The van der Waals surface area contributed by atoms with Gasteiger partial charge in [0.1, 0.15) is 5.75 Å². The Kier molecular flexibility index (Phi) is 5.78. The predicted octanol–water partition coefficient (Wildman–Crippen LogP) is 2.33. The van der Waals surface area contributed by atoms with Crippen LogP contribution in [0.3, 0.4) is 0 Å². The molecule has 0 atom stereocenters. The quantitative estimate of drug-likeness (QED) is 0.505. The fourth-order valence-electron chi connectivity index (χ4n) is 1.55. The Bertz CT molecular complexity index is 617. The minimum absolute atomic E-state index is 0.184. The van der Waals surface area contributed by atoms with Crippen molar-refractivity contribution in [1.82, 2.24) is 10.4 Å². The zero-order valence-corrected chi connectivity index (χ0v) is 12.3. The van der Waals surface area contributed by atoms with Gasteiger partial charge in [0.05, 0.1) is 24.1 Å². The van der Waals surface area contributed by atoms with E-state index in [2.05, 4.69) is 15.5 Å². The maximum Gasteiger partial charge on any atom is 0.250 e. The number of carbonyl (C=O) groups excluding carboxylic acids is 1. The molecule has 0 saturated heterocycles. The van der Waals surface area contributed by atoms with Gasteiger partial charge in [-0.1, -0.05) is 30.0 Å². The van der Waals surface area contributed by atoms with Crippen molar-refractivity contribution in [3.05, 3.63) is 54.2 Å². The molecule has 0 saturated carbocycles. The molecule has 0 bridgehead atoms. The van der Waals surface area contributed by atoms with Crippen LogP contribution in [-0.4, -0.2) is 30.0 Å². The summed E-state index contributed by atoms with van der Waals surface area (Å²) in [6.45, 7) is 0. The second-order valence-electron chi connectivity index (χ2n) is 3.99.